The Bertz CT molecular complexity index is 877. The molecule has 0 radical (unpaired) electrons. The van der Waals surface area contributed by atoms with Crippen LogP contribution >= 0.6 is 0 Å². The number of carbonyl (C=O) groups excluding carboxylic acids is 1. The lowest BCUT2D eigenvalue weighted by atomic mass is 10.0. The smallest absolute Gasteiger partial charge is 0.335 e. The van der Waals surface area contributed by atoms with Crippen LogP contribution in [0.1, 0.15) is 51.4 Å². The summed E-state index contributed by atoms with van der Waals surface area (Å²) in [5.41, 5.74) is 0.933. The van der Waals surface area contributed by atoms with Gasteiger partial charge in [0.15, 0.2) is 0 Å². The Kier molecular flexibility index (Phi) is 5.63. The molecule has 1 amide bonds. The summed E-state index contributed by atoms with van der Waals surface area (Å²) >= 11 is 0. The molecule has 0 fully saturated rings. The van der Waals surface area contributed by atoms with Crippen LogP contribution in [0, 0.1) is 5.82 Å². The molecule has 25 heavy (non-hydrogen) atoms. The molecule has 2 aromatic rings. The Hall–Kier alpha value is -3.03. The summed E-state index contributed by atoms with van der Waals surface area (Å²) in [5.74, 6) is -2.95. The Labute approximate surface area is 142 Å². The maximum Gasteiger partial charge on any atom is 0.335 e. The Morgan fingerprint density at radius 3 is 2.52 bits per heavy atom. The van der Waals surface area contributed by atoms with E-state index in [1.54, 1.807) is 0 Å². The van der Waals surface area contributed by atoms with Gasteiger partial charge in [-0.05, 0) is 36.6 Å². The highest BCUT2D eigenvalue weighted by Gasteiger charge is 2.17. The minimum Gasteiger partial charge on any atom is -0.478 e. The van der Waals surface area contributed by atoms with Gasteiger partial charge in [0.25, 0.3) is 11.5 Å². The van der Waals surface area contributed by atoms with E-state index in [0.717, 1.165) is 29.5 Å². The van der Waals surface area contributed by atoms with Gasteiger partial charge in [0, 0.05) is 12.1 Å². The van der Waals surface area contributed by atoms with Crippen molar-refractivity contribution in [1.29, 1.82) is 0 Å². The van der Waals surface area contributed by atoms with Gasteiger partial charge in [0.05, 0.1) is 16.8 Å². The highest BCUT2D eigenvalue weighted by molar-refractivity contribution is 5.96. The monoisotopic (exact) mass is 347 g/mol. The van der Waals surface area contributed by atoms with Gasteiger partial charge in [0.1, 0.15) is 5.82 Å². The molecule has 2 rings (SSSR count). The predicted molar refractivity (Wildman–Crippen MR) is 88.1 cm³/mol. The third-order valence-corrected chi connectivity index (χ3v) is 3.85. The van der Waals surface area contributed by atoms with Crippen LogP contribution in [0.4, 0.5) is 4.39 Å². The summed E-state index contributed by atoms with van der Waals surface area (Å²) in [5, 5.41) is 17.7. The first-order valence-electron chi connectivity index (χ1n) is 7.79. The second kappa shape index (κ2) is 7.69. The number of halogens is 1. The minimum absolute atomic E-state index is 0.0764. The van der Waals surface area contributed by atoms with Gasteiger partial charge in [-0.15, -0.1) is 0 Å². The van der Waals surface area contributed by atoms with Crippen molar-refractivity contribution in [3.63, 3.8) is 0 Å². The first-order valence-corrected chi connectivity index (χ1v) is 7.79. The molecule has 1 heterocycles. The molecule has 8 heteroatoms. The predicted octanol–water partition coefficient (Wildman–Crippen LogP) is 1.66. The fourth-order valence-corrected chi connectivity index (χ4v) is 2.56. The Morgan fingerprint density at radius 2 is 1.96 bits per heavy atom. The summed E-state index contributed by atoms with van der Waals surface area (Å²) in [6.07, 6.45) is 1.21. The van der Waals surface area contributed by atoms with Crippen molar-refractivity contribution in [2.24, 2.45) is 0 Å². The number of aryl methyl sites for hydroxylation is 1. The zero-order valence-electron chi connectivity index (χ0n) is 13.9. The quantitative estimate of drug-likeness (QED) is 0.736. The third-order valence-electron chi connectivity index (χ3n) is 3.85. The molecule has 0 aliphatic rings. The van der Waals surface area contributed by atoms with E-state index in [0.29, 0.717) is 18.4 Å². The number of rotatable bonds is 6. The fourth-order valence-electron chi connectivity index (χ4n) is 2.56. The molecule has 0 saturated carbocycles. The molecule has 3 N–H and O–H groups in total. The summed E-state index contributed by atoms with van der Waals surface area (Å²) in [6, 6.07) is 3.03. The van der Waals surface area contributed by atoms with Crippen molar-refractivity contribution >= 4 is 11.9 Å². The number of carboxylic acids is 1. The molecule has 0 aliphatic heterocycles. The number of carboxylic acid groups (broad SMARTS) is 1. The normalized spacial score (nSPS) is 10.5. The van der Waals surface area contributed by atoms with E-state index in [2.05, 4.69) is 15.5 Å². The number of aromatic nitrogens is 2. The van der Waals surface area contributed by atoms with E-state index < -0.39 is 23.3 Å². The van der Waals surface area contributed by atoms with Crippen molar-refractivity contribution < 1.29 is 19.1 Å². The lowest BCUT2D eigenvalue weighted by molar-refractivity contribution is 0.0695. The molecule has 1 aromatic carbocycles. The average molecular weight is 347 g/mol. The van der Waals surface area contributed by atoms with Crippen LogP contribution in [0.15, 0.2) is 23.0 Å². The van der Waals surface area contributed by atoms with Crippen LogP contribution in [-0.4, -0.2) is 27.2 Å². The van der Waals surface area contributed by atoms with Gasteiger partial charge in [0.2, 0.25) is 0 Å². The number of H-pyrrole nitrogens is 1. The minimum atomic E-state index is -1.28. The molecule has 0 spiro atoms. The number of hydrogen-bond acceptors (Lipinski definition) is 4. The molecule has 7 nitrogen and oxygen atoms in total. The number of hydrogen-bond donors (Lipinski definition) is 3. The molecule has 0 unspecified atom stereocenters. The average Bonchev–Trinajstić information content (AvgIpc) is 2.59. The third kappa shape index (κ3) is 3.90. The molecule has 0 aliphatic carbocycles. The first-order chi connectivity index (χ1) is 11.9. The van der Waals surface area contributed by atoms with Gasteiger partial charge in [-0.3, -0.25) is 9.59 Å². The van der Waals surface area contributed by atoms with Crippen molar-refractivity contribution in [2.45, 2.75) is 33.2 Å². The number of nitrogens with one attached hydrogen (secondary N) is 2. The lowest BCUT2D eigenvalue weighted by Crippen LogP contribution is -2.30. The maximum absolute atomic E-state index is 13.9. The highest BCUT2D eigenvalue weighted by Crippen LogP contribution is 2.13. The van der Waals surface area contributed by atoms with Gasteiger partial charge < -0.3 is 10.4 Å². The van der Waals surface area contributed by atoms with Crippen LogP contribution in [0.25, 0.3) is 0 Å². The number of nitrogens with zero attached hydrogens (tertiary/aromatic N) is 1. The van der Waals surface area contributed by atoms with Crippen LogP contribution in [-0.2, 0) is 19.4 Å². The molecule has 132 valence electrons. The molecular weight excluding hydrogens is 329 g/mol. The number of amides is 1. The van der Waals surface area contributed by atoms with E-state index in [1.165, 1.54) is 0 Å². The van der Waals surface area contributed by atoms with E-state index in [1.807, 2.05) is 13.8 Å². The van der Waals surface area contributed by atoms with Crippen molar-refractivity contribution in [1.82, 2.24) is 15.5 Å². The van der Waals surface area contributed by atoms with E-state index in [9.17, 15) is 18.8 Å². The number of carbonyl (C=O) groups is 2. The first kappa shape index (κ1) is 18.3. The van der Waals surface area contributed by atoms with Crippen LogP contribution in [0.3, 0.4) is 0 Å². The molecular formula is C17H18FN3O4. The maximum atomic E-state index is 13.9. The van der Waals surface area contributed by atoms with Crippen molar-refractivity contribution in [3.05, 3.63) is 62.3 Å². The number of aromatic amines is 1. The van der Waals surface area contributed by atoms with Crippen LogP contribution < -0.4 is 10.9 Å². The zero-order chi connectivity index (χ0) is 18.6. The van der Waals surface area contributed by atoms with Gasteiger partial charge in [-0.1, -0.05) is 13.8 Å². The standard InChI is InChI=1S/C17H18FN3O4/c1-3-10-12(16(23)21-20-14(10)4-2)8-19-15(22)11-6-5-9(17(24)25)7-13(11)18/h5-7H,3-4,8H2,1-2H3,(H,19,22)(H,21,23)(H,24,25). The van der Waals surface area contributed by atoms with Gasteiger partial charge in [-0.2, -0.15) is 5.10 Å². The highest BCUT2D eigenvalue weighted by atomic mass is 19.1. The summed E-state index contributed by atoms with van der Waals surface area (Å²) in [4.78, 5) is 35.0. The largest absolute Gasteiger partial charge is 0.478 e. The molecule has 0 atom stereocenters. The molecule has 0 saturated heterocycles. The summed E-state index contributed by atoms with van der Waals surface area (Å²) in [6.45, 7) is 3.71. The molecule has 0 bridgehead atoms. The number of benzene rings is 1. The number of aromatic carboxylic acids is 1. The Morgan fingerprint density at radius 1 is 1.24 bits per heavy atom. The van der Waals surface area contributed by atoms with Crippen LogP contribution in [0.5, 0.6) is 0 Å². The topological polar surface area (TPSA) is 112 Å². The van der Waals surface area contributed by atoms with Crippen LogP contribution in [0.2, 0.25) is 0 Å². The van der Waals surface area contributed by atoms with Gasteiger partial charge in [-0.25, -0.2) is 14.3 Å². The fraction of sp³-hybridized carbons (Fsp3) is 0.294. The second-order valence-corrected chi connectivity index (χ2v) is 5.35. The summed E-state index contributed by atoms with van der Waals surface area (Å²) in [7, 11) is 0. The van der Waals surface area contributed by atoms with E-state index in [4.69, 9.17) is 5.11 Å². The van der Waals surface area contributed by atoms with Crippen molar-refractivity contribution in [3.8, 4) is 0 Å². The summed E-state index contributed by atoms with van der Waals surface area (Å²) < 4.78 is 13.9. The van der Waals surface area contributed by atoms with E-state index in [-0.39, 0.29) is 17.7 Å². The SMILES string of the molecule is CCc1n[nH]c(=O)c(CNC(=O)c2ccc(C(=O)O)cc2F)c1CC. The lowest BCUT2D eigenvalue weighted by Gasteiger charge is -2.12. The van der Waals surface area contributed by atoms with E-state index >= 15 is 0 Å². The Balaban J connectivity index is 2.24. The van der Waals surface area contributed by atoms with Gasteiger partial charge >= 0.3 is 5.97 Å². The second-order valence-electron chi connectivity index (χ2n) is 5.35. The zero-order valence-corrected chi connectivity index (χ0v) is 13.9. The molecule has 1 aromatic heterocycles. The van der Waals surface area contributed by atoms with Crippen molar-refractivity contribution in [2.75, 3.05) is 0 Å².